The molecule has 0 bridgehead atoms. The molecule has 2 nitrogen and oxygen atoms in total. The van der Waals surface area contributed by atoms with Crippen LogP contribution in [0.5, 0.6) is 0 Å². The molecule has 106 valence electrons. The lowest BCUT2D eigenvalue weighted by Crippen LogP contribution is -2.48. The molecule has 21 heavy (non-hydrogen) atoms. The first-order chi connectivity index (χ1) is 10.3. The van der Waals surface area contributed by atoms with E-state index in [9.17, 15) is 0 Å². The molecule has 2 aromatic carbocycles. The van der Waals surface area contributed by atoms with E-state index in [1.807, 2.05) is 12.1 Å². The summed E-state index contributed by atoms with van der Waals surface area (Å²) in [6, 6.07) is 16.9. The van der Waals surface area contributed by atoms with Gasteiger partial charge in [0.2, 0.25) is 0 Å². The van der Waals surface area contributed by atoms with Crippen molar-refractivity contribution in [3.63, 3.8) is 0 Å². The molecule has 2 atom stereocenters. The van der Waals surface area contributed by atoms with Crippen LogP contribution >= 0.6 is 11.6 Å². The summed E-state index contributed by atoms with van der Waals surface area (Å²) in [5, 5.41) is 5.19. The van der Waals surface area contributed by atoms with Gasteiger partial charge >= 0.3 is 0 Å². The van der Waals surface area contributed by atoms with E-state index in [0.29, 0.717) is 5.92 Å². The summed E-state index contributed by atoms with van der Waals surface area (Å²) in [5.41, 5.74) is 7.64. The SMILES string of the molecule is Clc1ccc([C@@H]2C=NN[C@]23CCc2ccccc2C3)cc1. The molecular formula is C18H17ClN2. The summed E-state index contributed by atoms with van der Waals surface area (Å²) in [6.07, 6.45) is 5.29. The molecule has 3 heteroatoms. The Bertz CT molecular complexity index is 693. The molecular weight excluding hydrogens is 280 g/mol. The first-order valence-electron chi connectivity index (χ1n) is 7.39. The van der Waals surface area contributed by atoms with Gasteiger partial charge in [-0.25, -0.2) is 0 Å². The van der Waals surface area contributed by atoms with Crippen LogP contribution in [0, 0.1) is 0 Å². The van der Waals surface area contributed by atoms with Gasteiger partial charge < -0.3 is 5.43 Å². The van der Waals surface area contributed by atoms with Crippen LogP contribution in [0.4, 0.5) is 0 Å². The highest BCUT2D eigenvalue weighted by molar-refractivity contribution is 6.30. The molecule has 0 amide bonds. The Kier molecular flexibility index (Phi) is 3.00. The monoisotopic (exact) mass is 296 g/mol. The van der Waals surface area contributed by atoms with Crippen LogP contribution in [0.3, 0.4) is 0 Å². The number of benzene rings is 2. The molecule has 4 rings (SSSR count). The van der Waals surface area contributed by atoms with Gasteiger partial charge in [0.25, 0.3) is 0 Å². The summed E-state index contributed by atoms with van der Waals surface area (Å²) < 4.78 is 0. The maximum atomic E-state index is 6.01. The van der Waals surface area contributed by atoms with E-state index in [1.165, 1.54) is 16.7 Å². The normalized spacial score (nSPS) is 26.6. The topological polar surface area (TPSA) is 24.4 Å². The van der Waals surface area contributed by atoms with Gasteiger partial charge in [-0.15, -0.1) is 0 Å². The van der Waals surface area contributed by atoms with E-state index in [0.717, 1.165) is 24.3 Å². The first kappa shape index (κ1) is 12.9. The molecule has 0 radical (unpaired) electrons. The molecule has 1 aliphatic carbocycles. The van der Waals surface area contributed by atoms with Crippen LogP contribution in [-0.4, -0.2) is 11.8 Å². The number of hydrazone groups is 1. The van der Waals surface area contributed by atoms with E-state index >= 15 is 0 Å². The largest absolute Gasteiger partial charge is 0.303 e. The summed E-state index contributed by atoms with van der Waals surface area (Å²) in [7, 11) is 0. The van der Waals surface area contributed by atoms with E-state index in [1.54, 1.807) is 0 Å². The lowest BCUT2D eigenvalue weighted by atomic mass is 9.70. The minimum Gasteiger partial charge on any atom is -0.303 e. The standard InChI is InChI=1S/C18H17ClN2/c19-16-7-5-14(6-8-16)17-12-20-21-18(17)10-9-13-3-1-2-4-15(13)11-18/h1-8,12,17,21H,9-11H2/t17-,18-/m0/s1. The van der Waals surface area contributed by atoms with E-state index in [2.05, 4.69) is 53.1 Å². The Morgan fingerprint density at radius 3 is 2.62 bits per heavy atom. The summed E-state index contributed by atoms with van der Waals surface area (Å²) >= 11 is 6.01. The van der Waals surface area contributed by atoms with Gasteiger partial charge in [-0.1, -0.05) is 48.0 Å². The zero-order valence-electron chi connectivity index (χ0n) is 11.7. The van der Waals surface area contributed by atoms with Gasteiger partial charge in [-0.3, -0.25) is 0 Å². The van der Waals surface area contributed by atoms with Crippen molar-refractivity contribution in [3.05, 3.63) is 70.2 Å². The van der Waals surface area contributed by atoms with Crippen molar-refractivity contribution in [1.29, 1.82) is 0 Å². The van der Waals surface area contributed by atoms with Crippen LogP contribution in [0.15, 0.2) is 53.6 Å². The zero-order chi connectivity index (χ0) is 14.3. The average Bonchev–Trinajstić information content (AvgIpc) is 2.91. The summed E-state index contributed by atoms with van der Waals surface area (Å²) in [5.74, 6) is 0.308. The number of fused-ring (bicyclic) bond motifs is 1. The minimum absolute atomic E-state index is 0.0161. The van der Waals surface area contributed by atoms with Gasteiger partial charge in [-0.2, -0.15) is 5.10 Å². The minimum atomic E-state index is 0.0161. The molecule has 0 unspecified atom stereocenters. The van der Waals surface area contributed by atoms with Gasteiger partial charge in [0.15, 0.2) is 0 Å². The number of rotatable bonds is 1. The lowest BCUT2D eigenvalue weighted by molar-refractivity contribution is 0.296. The fraction of sp³-hybridized carbons (Fsp3) is 0.278. The smallest absolute Gasteiger partial charge is 0.0710 e. The van der Waals surface area contributed by atoms with Crippen LogP contribution in [0.25, 0.3) is 0 Å². The third kappa shape index (κ3) is 2.14. The van der Waals surface area contributed by atoms with Gasteiger partial charge in [0.1, 0.15) is 0 Å². The van der Waals surface area contributed by atoms with Crippen LogP contribution < -0.4 is 5.43 Å². The summed E-state index contributed by atoms with van der Waals surface area (Å²) in [6.45, 7) is 0. The van der Waals surface area contributed by atoms with Crippen molar-refractivity contribution in [3.8, 4) is 0 Å². The van der Waals surface area contributed by atoms with Crippen molar-refractivity contribution < 1.29 is 0 Å². The van der Waals surface area contributed by atoms with Crippen LogP contribution in [0.1, 0.15) is 29.0 Å². The van der Waals surface area contributed by atoms with E-state index < -0.39 is 0 Å². The summed E-state index contributed by atoms with van der Waals surface area (Å²) in [4.78, 5) is 0. The number of hydrogen-bond donors (Lipinski definition) is 1. The number of nitrogens with zero attached hydrogens (tertiary/aromatic N) is 1. The molecule has 1 aliphatic heterocycles. The van der Waals surface area contributed by atoms with Gasteiger partial charge in [-0.05, 0) is 48.1 Å². The van der Waals surface area contributed by atoms with Crippen LogP contribution in [-0.2, 0) is 12.8 Å². The maximum Gasteiger partial charge on any atom is 0.0710 e. The van der Waals surface area contributed by atoms with Crippen molar-refractivity contribution in [2.45, 2.75) is 30.7 Å². The molecule has 2 aromatic rings. The number of halogens is 1. The van der Waals surface area contributed by atoms with Crippen molar-refractivity contribution in [1.82, 2.24) is 5.43 Å². The fourth-order valence-electron chi connectivity index (χ4n) is 3.65. The van der Waals surface area contributed by atoms with Crippen LogP contribution in [0.2, 0.25) is 5.02 Å². The highest BCUT2D eigenvalue weighted by atomic mass is 35.5. The molecule has 0 saturated heterocycles. The Labute approximate surface area is 129 Å². The molecule has 1 heterocycles. The second kappa shape index (κ2) is 4.88. The molecule has 1 spiro atoms. The van der Waals surface area contributed by atoms with Crippen molar-refractivity contribution in [2.75, 3.05) is 0 Å². The van der Waals surface area contributed by atoms with Gasteiger partial charge in [0.05, 0.1) is 5.54 Å². The number of nitrogens with one attached hydrogen (secondary N) is 1. The molecule has 0 aromatic heterocycles. The Morgan fingerprint density at radius 1 is 1.05 bits per heavy atom. The van der Waals surface area contributed by atoms with E-state index in [4.69, 9.17) is 11.6 Å². The fourth-order valence-corrected chi connectivity index (χ4v) is 3.77. The molecule has 2 aliphatic rings. The third-order valence-corrected chi connectivity index (χ3v) is 5.05. The number of aryl methyl sites for hydroxylation is 1. The lowest BCUT2D eigenvalue weighted by Gasteiger charge is -2.39. The average molecular weight is 297 g/mol. The second-order valence-electron chi connectivity index (χ2n) is 6.02. The molecule has 0 fully saturated rings. The first-order valence-corrected chi connectivity index (χ1v) is 7.77. The third-order valence-electron chi connectivity index (χ3n) is 4.80. The predicted molar refractivity (Wildman–Crippen MR) is 87.0 cm³/mol. The highest BCUT2D eigenvalue weighted by Gasteiger charge is 2.44. The van der Waals surface area contributed by atoms with E-state index in [-0.39, 0.29) is 5.54 Å². The van der Waals surface area contributed by atoms with Gasteiger partial charge in [0, 0.05) is 17.2 Å². The zero-order valence-corrected chi connectivity index (χ0v) is 12.5. The second-order valence-corrected chi connectivity index (χ2v) is 6.46. The van der Waals surface area contributed by atoms with Crippen molar-refractivity contribution in [2.24, 2.45) is 5.10 Å². The quantitative estimate of drug-likeness (QED) is 0.847. The Balaban J connectivity index is 1.70. The molecule has 1 N–H and O–H groups in total. The Morgan fingerprint density at radius 2 is 1.81 bits per heavy atom. The Hall–Kier alpha value is -1.80. The maximum absolute atomic E-state index is 6.01. The predicted octanol–water partition coefficient (Wildman–Crippen LogP) is 3.94. The molecule has 0 saturated carbocycles. The van der Waals surface area contributed by atoms with Crippen molar-refractivity contribution >= 4 is 17.8 Å². The highest BCUT2D eigenvalue weighted by Crippen LogP contribution is 2.40. The number of hydrogen-bond acceptors (Lipinski definition) is 2.